The Morgan fingerprint density at radius 1 is 1.18 bits per heavy atom. The van der Waals surface area contributed by atoms with Gasteiger partial charge in [-0.15, -0.1) is 11.3 Å². The third kappa shape index (κ3) is 6.91. The van der Waals surface area contributed by atoms with Gasteiger partial charge in [-0.25, -0.2) is 13.4 Å². The third-order valence-electron chi connectivity index (χ3n) is 4.36. The summed E-state index contributed by atoms with van der Waals surface area (Å²) in [6, 6.07) is 7.02. The van der Waals surface area contributed by atoms with Gasteiger partial charge in [-0.05, 0) is 57.7 Å². The maximum atomic E-state index is 12.6. The minimum atomic E-state index is -3.65. The molecule has 0 bridgehead atoms. The number of rotatable bonds is 11. The molecule has 0 saturated heterocycles. The summed E-state index contributed by atoms with van der Waals surface area (Å²) in [5.41, 5.74) is 1.82. The van der Waals surface area contributed by atoms with E-state index in [2.05, 4.69) is 9.71 Å². The highest BCUT2D eigenvalue weighted by Crippen LogP contribution is 2.24. The molecule has 0 radical (unpaired) electrons. The minimum absolute atomic E-state index is 0.140. The van der Waals surface area contributed by atoms with Gasteiger partial charge in [0.2, 0.25) is 0 Å². The Morgan fingerprint density at radius 3 is 2.61 bits per heavy atom. The summed E-state index contributed by atoms with van der Waals surface area (Å²) >= 11 is 1.33. The molecule has 0 aliphatic carbocycles. The van der Waals surface area contributed by atoms with Crippen LogP contribution in [0.4, 0.5) is 5.13 Å². The van der Waals surface area contributed by atoms with E-state index in [1.807, 2.05) is 19.9 Å². The van der Waals surface area contributed by atoms with Crippen LogP contribution < -0.4 is 4.72 Å². The van der Waals surface area contributed by atoms with Crippen molar-refractivity contribution in [3.8, 4) is 0 Å². The fourth-order valence-electron chi connectivity index (χ4n) is 2.74. The number of anilines is 1. The lowest BCUT2D eigenvalue weighted by Gasteiger charge is -2.08. The van der Waals surface area contributed by atoms with Gasteiger partial charge in [-0.2, -0.15) is 0 Å². The number of hydrogen-bond donors (Lipinski definition) is 1. The zero-order valence-electron chi connectivity index (χ0n) is 16.7. The molecule has 6 nitrogen and oxygen atoms in total. The Balaban J connectivity index is 1.85. The molecule has 0 fully saturated rings. The molecule has 0 saturated carbocycles. The number of nitrogens with one attached hydrogen (secondary N) is 1. The summed E-state index contributed by atoms with van der Waals surface area (Å²) in [6.07, 6.45) is 4.99. The number of carbonyl (C=O) groups is 1. The SMILES string of the molecule is CCOC(=O)CCCCCCc1cccc(S(=O)(=O)Nc2nc(C)c(C)s2)c1. The van der Waals surface area contributed by atoms with E-state index in [4.69, 9.17) is 4.74 Å². The van der Waals surface area contributed by atoms with Gasteiger partial charge in [-0.3, -0.25) is 9.52 Å². The number of thiazole rings is 1. The molecular weight excluding hydrogens is 396 g/mol. The predicted octanol–water partition coefficient (Wildman–Crippen LogP) is 4.62. The summed E-state index contributed by atoms with van der Waals surface area (Å²) in [7, 11) is -3.65. The molecule has 1 aromatic heterocycles. The Labute approximate surface area is 171 Å². The van der Waals surface area contributed by atoms with Crippen LogP contribution in [0.1, 0.15) is 55.2 Å². The number of benzene rings is 1. The summed E-state index contributed by atoms with van der Waals surface area (Å²) in [5, 5.41) is 0.391. The predicted molar refractivity (Wildman–Crippen MR) is 112 cm³/mol. The van der Waals surface area contributed by atoms with Crippen molar-refractivity contribution in [2.75, 3.05) is 11.3 Å². The van der Waals surface area contributed by atoms with Gasteiger partial charge in [0.15, 0.2) is 5.13 Å². The number of ether oxygens (including phenoxy) is 1. The molecule has 0 spiro atoms. The van der Waals surface area contributed by atoms with E-state index in [-0.39, 0.29) is 10.9 Å². The van der Waals surface area contributed by atoms with E-state index in [1.165, 1.54) is 11.3 Å². The van der Waals surface area contributed by atoms with Crippen LogP contribution in [0.5, 0.6) is 0 Å². The van der Waals surface area contributed by atoms with Crippen molar-refractivity contribution >= 4 is 32.5 Å². The highest BCUT2D eigenvalue weighted by atomic mass is 32.2. The van der Waals surface area contributed by atoms with Crippen molar-refractivity contribution in [3.05, 3.63) is 40.4 Å². The number of aromatic nitrogens is 1. The largest absolute Gasteiger partial charge is 0.466 e. The fourth-order valence-corrected chi connectivity index (χ4v) is 4.86. The van der Waals surface area contributed by atoms with Crippen molar-refractivity contribution in [2.24, 2.45) is 0 Å². The average Bonchev–Trinajstić information content (AvgIpc) is 2.95. The summed E-state index contributed by atoms with van der Waals surface area (Å²) < 4.78 is 32.7. The Hall–Kier alpha value is -1.93. The highest BCUT2D eigenvalue weighted by Gasteiger charge is 2.17. The van der Waals surface area contributed by atoms with Gasteiger partial charge in [0.05, 0.1) is 17.2 Å². The van der Waals surface area contributed by atoms with Crippen LogP contribution in [-0.4, -0.2) is 26.0 Å². The summed E-state index contributed by atoms with van der Waals surface area (Å²) in [4.78, 5) is 16.8. The first-order valence-electron chi connectivity index (χ1n) is 9.53. The molecule has 0 aliphatic rings. The van der Waals surface area contributed by atoms with Crippen molar-refractivity contribution in [2.45, 2.75) is 64.2 Å². The second-order valence-corrected chi connectivity index (χ2v) is 9.52. The first-order valence-corrected chi connectivity index (χ1v) is 11.8. The van der Waals surface area contributed by atoms with Gasteiger partial charge >= 0.3 is 5.97 Å². The molecule has 0 aliphatic heterocycles. The quantitative estimate of drug-likeness (QED) is 0.420. The Morgan fingerprint density at radius 2 is 1.93 bits per heavy atom. The molecule has 2 aromatic rings. The average molecular weight is 425 g/mol. The standard InChI is InChI=1S/C20H28N2O4S2/c1-4-26-19(23)13-8-6-5-7-10-17-11-9-12-18(14-17)28(24,25)22-20-21-15(2)16(3)27-20/h9,11-12,14H,4-8,10,13H2,1-3H3,(H,21,22). The third-order valence-corrected chi connectivity index (χ3v) is 6.81. The number of unbranched alkanes of at least 4 members (excludes halogenated alkanes) is 3. The second-order valence-electron chi connectivity index (χ2n) is 6.63. The normalized spacial score (nSPS) is 11.4. The molecule has 1 N–H and O–H groups in total. The van der Waals surface area contributed by atoms with Crippen LogP contribution in [0.15, 0.2) is 29.2 Å². The molecule has 154 valence electrons. The van der Waals surface area contributed by atoms with Crippen LogP contribution >= 0.6 is 11.3 Å². The van der Waals surface area contributed by atoms with Gasteiger partial charge in [-0.1, -0.05) is 25.0 Å². The topological polar surface area (TPSA) is 85.4 Å². The Kier molecular flexibility index (Phi) is 8.44. The lowest BCUT2D eigenvalue weighted by molar-refractivity contribution is -0.143. The lowest BCUT2D eigenvalue weighted by Crippen LogP contribution is -2.13. The number of nitrogens with zero attached hydrogens (tertiary/aromatic N) is 1. The van der Waals surface area contributed by atoms with E-state index in [0.717, 1.165) is 48.2 Å². The lowest BCUT2D eigenvalue weighted by atomic mass is 10.1. The molecule has 1 aromatic carbocycles. The maximum absolute atomic E-state index is 12.6. The number of esters is 1. The van der Waals surface area contributed by atoms with E-state index >= 15 is 0 Å². The molecular formula is C20H28N2O4S2. The van der Waals surface area contributed by atoms with Crippen LogP contribution in [-0.2, 0) is 26.0 Å². The van der Waals surface area contributed by atoms with Crippen molar-refractivity contribution < 1.29 is 17.9 Å². The smallest absolute Gasteiger partial charge is 0.305 e. The number of carbonyl (C=O) groups excluding carboxylic acids is 1. The van der Waals surface area contributed by atoms with Crippen molar-refractivity contribution in [1.29, 1.82) is 0 Å². The van der Waals surface area contributed by atoms with Crippen molar-refractivity contribution in [1.82, 2.24) is 4.98 Å². The van der Waals surface area contributed by atoms with Crippen LogP contribution in [0.3, 0.4) is 0 Å². The van der Waals surface area contributed by atoms with E-state index in [9.17, 15) is 13.2 Å². The van der Waals surface area contributed by atoms with Gasteiger partial charge in [0.25, 0.3) is 10.0 Å². The first kappa shape index (κ1) is 22.4. The molecule has 0 amide bonds. The number of sulfonamides is 1. The maximum Gasteiger partial charge on any atom is 0.305 e. The molecule has 8 heteroatoms. The van der Waals surface area contributed by atoms with Gasteiger partial charge < -0.3 is 4.74 Å². The molecule has 28 heavy (non-hydrogen) atoms. The minimum Gasteiger partial charge on any atom is -0.466 e. The molecule has 1 heterocycles. The second kappa shape index (κ2) is 10.6. The van der Waals surface area contributed by atoms with Crippen LogP contribution in [0.2, 0.25) is 0 Å². The zero-order chi connectivity index (χ0) is 20.6. The molecule has 2 rings (SSSR count). The summed E-state index contributed by atoms with van der Waals surface area (Å²) in [6.45, 7) is 6.00. The highest BCUT2D eigenvalue weighted by molar-refractivity contribution is 7.93. The molecule has 0 unspecified atom stereocenters. The van der Waals surface area contributed by atoms with E-state index in [1.54, 1.807) is 25.1 Å². The number of aryl methyl sites for hydroxylation is 3. The van der Waals surface area contributed by atoms with Crippen LogP contribution in [0, 0.1) is 13.8 Å². The first-order chi connectivity index (χ1) is 13.3. The van der Waals surface area contributed by atoms with E-state index < -0.39 is 10.0 Å². The van der Waals surface area contributed by atoms with E-state index in [0.29, 0.717) is 18.2 Å². The Bertz CT molecular complexity index is 872. The van der Waals surface area contributed by atoms with Crippen LogP contribution in [0.25, 0.3) is 0 Å². The van der Waals surface area contributed by atoms with Gasteiger partial charge in [0, 0.05) is 11.3 Å². The fraction of sp³-hybridized carbons (Fsp3) is 0.500. The van der Waals surface area contributed by atoms with Gasteiger partial charge in [0.1, 0.15) is 0 Å². The van der Waals surface area contributed by atoms with Crippen molar-refractivity contribution in [3.63, 3.8) is 0 Å². The molecule has 0 atom stereocenters. The number of hydrogen-bond acceptors (Lipinski definition) is 6. The zero-order valence-corrected chi connectivity index (χ0v) is 18.3. The monoisotopic (exact) mass is 424 g/mol. The summed E-state index contributed by atoms with van der Waals surface area (Å²) in [5.74, 6) is -0.140.